The minimum absolute atomic E-state index is 0.0415. The lowest BCUT2D eigenvalue weighted by Gasteiger charge is -2.15. The van der Waals surface area contributed by atoms with E-state index in [2.05, 4.69) is 17.9 Å². The van der Waals surface area contributed by atoms with Crippen molar-refractivity contribution in [2.45, 2.75) is 6.42 Å². The highest BCUT2D eigenvalue weighted by atomic mass is 32.1. The number of halogens is 2. The molecule has 2 aromatic rings. The molecule has 1 atom stereocenters. The van der Waals surface area contributed by atoms with E-state index in [1.807, 2.05) is 0 Å². The van der Waals surface area contributed by atoms with Crippen molar-refractivity contribution < 1.29 is 23.5 Å². The van der Waals surface area contributed by atoms with Gasteiger partial charge in [-0.3, -0.25) is 4.79 Å². The van der Waals surface area contributed by atoms with Gasteiger partial charge >= 0.3 is 5.97 Å². The summed E-state index contributed by atoms with van der Waals surface area (Å²) in [5, 5.41) is 11.5. The third kappa shape index (κ3) is 4.55. The second-order valence-electron chi connectivity index (χ2n) is 5.19. The molecule has 2 rings (SSSR count). The van der Waals surface area contributed by atoms with Crippen LogP contribution in [0.1, 0.15) is 15.9 Å². The molecule has 0 fully saturated rings. The fraction of sp³-hybridized carbons (Fsp3) is 0.176. The molecule has 1 unspecified atom stereocenters. The summed E-state index contributed by atoms with van der Waals surface area (Å²) in [7, 11) is 0. The number of carbonyl (C=O) groups excluding carboxylic acids is 1. The van der Waals surface area contributed by atoms with Gasteiger partial charge in [0.25, 0.3) is 0 Å². The van der Waals surface area contributed by atoms with Crippen LogP contribution in [0.5, 0.6) is 0 Å². The fourth-order valence-corrected chi connectivity index (χ4v) is 2.46. The van der Waals surface area contributed by atoms with Gasteiger partial charge in [-0.2, -0.15) is 12.6 Å². The number of carboxylic acids is 1. The molecule has 0 aliphatic carbocycles. The van der Waals surface area contributed by atoms with Gasteiger partial charge in [0.15, 0.2) is 0 Å². The monoisotopic (exact) mass is 351 g/mol. The lowest BCUT2D eigenvalue weighted by Crippen LogP contribution is -2.26. The standard InChI is InChI=1S/C17H15F2NO3S/c18-13-5-4-10(15(19)8-13)6-12(9-24)16(21)20-14-3-1-2-11(7-14)17(22)23/h1-5,7-8,12,24H,6,9H2,(H,20,21)(H,22,23). The molecule has 0 aliphatic heterocycles. The van der Waals surface area contributed by atoms with Crippen LogP contribution in [0.2, 0.25) is 0 Å². The number of carbonyl (C=O) groups is 2. The summed E-state index contributed by atoms with van der Waals surface area (Å²) in [5.41, 5.74) is 0.580. The molecule has 0 bridgehead atoms. The van der Waals surface area contributed by atoms with E-state index in [1.54, 1.807) is 6.07 Å². The van der Waals surface area contributed by atoms with Crippen LogP contribution in [-0.4, -0.2) is 22.7 Å². The molecule has 24 heavy (non-hydrogen) atoms. The Morgan fingerprint density at radius 1 is 1.17 bits per heavy atom. The number of thiol groups is 1. The van der Waals surface area contributed by atoms with Crippen molar-refractivity contribution in [2.75, 3.05) is 11.1 Å². The average Bonchev–Trinajstić information content (AvgIpc) is 2.54. The minimum atomic E-state index is -1.11. The summed E-state index contributed by atoms with van der Waals surface area (Å²) in [4.78, 5) is 23.2. The van der Waals surface area contributed by atoms with Crippen LogP contribution < -0.4 is 5.32 Å². The van der Waals surface area contributed by atoms with Gasteiger partial charge in [0.05, 0.1) is 11.5 Å². The highest BCUT2D eigenvalue weighted by Gasteiger charge is 2.20. The van der Waals surface area contributed by atoms with E-state index < -0.39 is 29.4 Å². The third-order valence-electron chi connectivity index (χ3n) is 3.45. The molecular weight excluding hydrogens is 336 g/mol. The Hall–Kier alpha value is -2.41. The molecule has 0 aliphatic rings. The molecule has 0 heterocycles. The van der Waals surface area contributed by atoms with Crippen molar-refractivity contribution >= 4 is 30.2 Å². The molecule has 126 valence electrons. The second kappa shape index (κ2) is 7.92. The van der Waals surface area contributed by atoms with E-state index in [-0.39, 0.29) is 23.3 Å². The van der Waals surface area contributed by atoms with Crippen molar-refractivity contribution in [3.8, 4) is 0 Å². The normalized spacial score (nSPS) is 11.8. The van der Waals surface area contributed by atoms with E-state index in [9.17, 15) is 18.4 Å². The first kappa shape index (κ1) is 17.9. The molecule has 0 radical (unpaired) electrons. The Labute approximate surface area is 142 Å². The number of aromatic carboxylic acids is 1. The number of amides is 1. The molecule has 7 heteroatoms. The Morgan fingerprint density at radius 3 is 2.54 bits per heavy atom. The van der Waals surface area contributed by atoms with Crippen LogP contribution in [0.15, 0.2) is 42.5 Å². The van der Waals surface area contributed by atoms with Crippen LogP contribution in [-0.2, 0) is 11.2 Å². The molecule has 0 saturated carbocycles. The van der Waals surface area contributed by atoms with Crippen molar-refractivity contribution in [1.29, 1.82) is 0 Å². The van der Waals surface area contributed by atoms with Gasteiger partial charge in [0, 0.05) is 17.5 Å². The highest BCUT2D eigenvalue weighted by Crippen LogP contribution is 2.18. The predicted octanol–water partition coefficient (Wildman–Crippen LogP) is 3.39. The summed E-state index contributed by atoms with van der Waals surface area (Å²) in [6.07, 6.45) is 0.0556. The van der Waals surface area contributed by atoms with Gasteiger partial charge in [-0.15, -0.1) is 0 Å². The quantitative estimate of drug-likeness (QED) is 0.699. The molecule has 0 spiro atoms. The lowest BCUT2D eigenvalue weighted by molar-refractivity contribution is -0.119. The first-order valence-corrected chi connectivity index (χ1v) is 7.73. The lowest BCUT2D eigenvalue weighted by atomic mass is 9.99. The first-order valence-electron chi connectivity index (χ1n) is 7.09. The number of hydrogen-bond acceptors (Lipinski definition) is 3. The average molecular weight is 351 g/mol. The van der Waals surface area contributed by atoms with Crippen LogP contribution in [0.25, 0.3) is 0 Å². The Bertz CT molecular complexity index is 767. The molecule has 1 amide bonds. The topological polar surface area (TPSA) is 66.4 Å². The van der Waals surface area contributed by atoms with E-state index in [0.717, 1.165) is 12.1 Å². The summed E-state index contributed by atoms with van der Waals surface area (Å²) in [6.45, 7) is 0. The van der Waals surface area contributed by atoms with E-state index in [0.29, 0.717) is 5.69 Å². The zero-order valence-electron chi connectivity index (χ0n) is 12.5. The van der Waals surface area contributed by atoms with Gasteiger partial charge in [0.2, 0.25) is 5.91 Å². The molecule has 2 aromatic carbocycles. The van der Waals surface area contributed by atoms with E-state index in [1.165, 1.54) is 24.3 Å². The maximum absolute atomic E-state index is 13.7. The third-order valence-corrected chi connectivity index (χ3v) is 3.89. The molecule has 2 N–H and O–H groups in total. The van der Waals surface area contributed by atoms with Gasteiger partial charge in [-0.1, -0.05) is 12.1 Å². The zero-order chi connectivity index (χ0) is 17.7. The minimum Gasteiger partial charge on any atom is -0.478 e. The fourth-order valence-electron chi connectivity index (χ4n) is 2.17. The van der Waals surface area contributed by atoms with Crippen molar-refractivity contribution in [3.63, 3.8) is 0 Å². The summed E-state index contributed by atoms with van der Waals surface area (Å²) in [6, 6.07) is 8.98. The van der Waals surface area contributed by atoms with Gasteiger partial charge in [-0.25, -0.2) is 13.6 Å². The summed E-state index contributed by atoms with van der Waals surface area (Å²) >= 11 is 4.11. The largest absolute Gasteiger partial charge is 0.478 e. The first-order chi connectivity index (χ1) is 11.4. The molecule has 0 aromatic heterocycles. The van der Waals surface area contributed by atoms with Crippen LogP contribution >= 0.6 is 12.6 Å². The number of carboxylic acid groups (broad SMARTS) is 1. The molecule has 4 nitrogen and oxygen atoms in total. The highest BCUT2D eigenvalue weighted by molar-refractivity contribution is 7.80. The van der Waals surface area contributed by atoms with Gasteiger partial charge < -0.3 is 10.4 Å². The van der Waals surface area contributed by atoms with Crippen molar-refractivity contribution in [2.24, 2.45) is 5.92 Å². The Kier molecular flexibility index (Phi) is 5.92. The number of benzene rings is 2. The number of hydrogen-bond donors (Lipinski definition) is 3. The Morgan fingerprint density at radius 2 is 1.92 bits per heavy atom. The van der Waals surface area contributed by atoms with Crippen LogP contribution in [0.3, 0.4) is 0 Å². The number of nitrogens with one attached hydrogen (secondary N) is 1. The van der Waals surface area contributed by atoms with E-state index in [4.69, 9.17) is 5.11 Å². The molecular formula is C17H15F2NO3S. The van der Waals surface area contributed by atoms with Gasteiger partial charge in [-0.05, 0) is 36.2 Å². The second-order valence-corrected chi connectivity index (χ2v) is 5.56. The molecule has 0 saturated heterocycles. The van der Waals surface area contributed by atoms with Gasteiger partial charge in [0.1, 0.15) is 11.6 Å². The number of rotatable bonds is 6. The van der Waals surface area contributed by atoms with Crippen molar-refractivity contribution in [3.05, 3.63) is 65.2 Å². The SMILES string of the molecule is O=C(O)c1cccc(NC(=O)C(CS)Cc2ccc(F)cc2F)c1. The Balaban J connectivity index is 2.11. The smallest absolute Gasteiger partial charge is 0.335 e. The summed E-state index contributed by atoms with van der Waals surface area (Å²) < 4.78 is 26.7. The van der Waals surface area contributed by atoms with Crippen LogP contribution in [0.4, 0.5) is 14.5 Å². The number of anilines is 1. The maximum atomic E-state index is 13.7. The zero-order valence-corrected chi connectivity index (χ0v) is 13.4. The summed E-state index contributed by atoms with van der Waals surface area (Å²) in [5.74, 6) is -3.43. The van der Waals surface area contributed by atoms with Crippen LogP contribution in [0, 0.1) is 17.6 Å². The van der Waals surface area contributed by atoms with E-state index >= 15 is 0 Å². The predicted molar refractivity (Wildman–Crippen MR) is 89.4 cm³/mol. The van der Waals surface area contributed by atoms with Crippen molar-refractivity contribution in [1.82, 2.24) is 0 Å². The maximum Gasteiger partial charge on any atom is 0.335 e.